The molecular weight excluding hydrogens is 320 g/mol. The molecule has 2 rings (SSSR count). The van der Waals surface area contributed by atoms with Crippen LogP contribution in [0.4, 0.5) is 4.79 Å². The van der Waals surface area contributed by atoms with Crippen LogP contribution in [0.1, 0.15) is 29.4 Å². The lowest BCUT2D eigenvalue weighted by Gasteiger charge is -2.15. The molecule has 2 N–H and O–H groups in total. The lowest BCUT2D eigenvalue weighted by Crippen LogP contribution is -2.41. The normalized spacial score (nSPS) is 12.0. The number of thioether (sulfide) groups is 1. The van der Waals surface area contributed by atoms with E-state index in [-0.39, 0.29) is 12.1 Å². The summed E-state index contributed by atoms with van der Waals surface area (Å²) in [5, 5.41) is 10.3. The second-order valence-electron chi connectivity index (χ2n) is 6.05. The molecule has 0 unspecified atom stereocenters. The Bertz CT molecular complexity index is 694. The monoisotopic (exact) mass is 346 g/mol. The van der Waals surface area contributed by atoms with Gasteiger partial charge in [-0.15, -0.1) is 11.8 Å². The van der Waals surface area contributed by atoms with Gasteiger partial charge in [0.05, 0.1) is 5.69 Å². The van der Waals surface area contributed by atoms with Crippen LogP contribution in [-0.4, -0.2) is 28.1 Å². The van der Waals surface area contributed by atoms with Gasteiger partial charge in [0.15, 0.2) is 0 Å². The molecule has 6 heteroatoms. The Morgan fingerprint density at radius 1 is 1.29 bits per heavy atom. The summed E-state index contributed by atoms with van der Waals surface area (Å²) in [6, 6.07) is 8.11. The van der Waals surface area contributed by atoms with Crippen molar-refractivity contribution in [1.29, 1.82) is 0 Å². The largest absolute Gasteiger partial charge is 0.335 e. The minimum atomic E-state index is -0.143. The topological polar surface area (TPSA) is 59.0 Å². The van der Waals surface area contributed by atoms with E-state index in [1.54, 1.807) is 11.8 Å². The molecule has 0 saturated carbocycles. The predicted molar refractivity (Wildman–Crippen MR) is 99.4 cm³/mol. The van der Waals surface area contributed by atoms with E-state index < -0.39 is 0 Å². The van der Waals surface area contributed by atoms with Gasteiger partial charge >= 0.3 is 6.03 Å². The Morgan fingerprint density at radius 3 is 2.50 bits per heavy atom. The van der Waals surface area contributed by atoms with E-state index in [4.69, 9.17) is 0 Å². The SMILES string of the molecule is CSc1ccc(CNC(=O)N[C@H](C)Cc2c(C)nn(C)c2C)cc1. The summed E-state index contributed by atoms with van der Waals surface area (Å²) in [7, 11) is 1.94. The fourth-order valence-corrected chi connectivity index (χ4v) is 3.08. The fraction of sp³-hybridized carbons (Fsp3) is 0.444. The minimum absolute atomic E-state index is 0.0467. The summed E-state index contributed by atoms with van der Waals surface area (Å²) < 4.78 is 1.88. The van der Waals surface area contributed by atoms with E-state index in [0.29, 0.717) is 6.54 Å². The summed E-state index contributed by atoms with van der Waals surface area (Å²) >= 11 is 1.71. The minimum Gasteiger partial charge on any atom is -0.335 e. The first kappa shape index (κ1) is 18.4. The highest BCUT2D eigenvalue weighted by atomic mass is 32.2. The summed E-state index contributed by atoms with van der Waals surface area (Å²) in [4.78, 5) is 13.3. The van der Waals surface area contributed by atoms with Crippen molar-refractivity contribution in [3.05, 3.63) is 46.8 Å². The average molecular weight is 347 g/mol. The fourth-order valence-electron chi connectivity index (χ4n) is 2.67. The number of hydrogen-bond donors (Lipinski definition) is 2. The highest BCUT2D eigenvalue weighted by Crippen LogP contribution is 2.15. The Balaban J connectivity index is 1.82. The van der Waals surface area contributed by atoms with Crippen molar-refractivity contribution < 1.29 is 4.79 Å². The maximum atomic E-state index is 12.1. The number of aryl methyl sites for hydroxylation is 2. The average Bonchev–Trinajstić information content (AvgIpc) is 2.79. The first-order valence-electron chi connectivity index (χ1n) is 8.07. The van der Waals surface area contributed by atoms with Crippen molar-refractivity contribution in [3.8, 4) is 0 Å². The maximum absolute atomic E-state index is 12.1. The number of nitrogens with zero attached hydrogens (tertiary/aromatic N) is 2. The molecule has 0 radical (unpaired) electrons. The molecule has 0 saturated heterocycles. The van der Waals surface area contributed by atoms with Crippen molar-refractivity contribution in [2.24, 2.45) is 7.05 Å². The summed E-state index contributed by atoms with van der Waals surface area (Å²) in [6.45, 7) is 6.60. The van der Waals surface area contributed by atoms with Crippen molar-refractivity contribution >= 4 is 17.8 Å². The second-order valence-corrected chi connectivity index (χ2v) is 6.93. The van der Waals surface area contributed by atoms with Crippen molar-refractivity contribution in [3.63, 3.8) is 0 Å². The molecule has 24 heavy (non-hydrogen) atoms. The van der Waals surface area contributed by atoms with Crippen molar-refractivity contribution in [1.82, 2.24) is 20.4 Å². The Hall–Kier alpha value is -1.95. The van der Waals surface area contributed by atoms with E-state index in [2.05, 4.69) is 34.8 Å². The third kappa shape index (κ3) is 4.77. The molecule has 0 aliphatic rings. The standard InChI is InChI=1S/C18H26N4OS/c1-12(10-17-13(2)21-22(4)14(17)3)20-18(23)19-11-15-6-8-16(24-5)9-7-15/h6-9,12H,10-11H2,1-5H3,(H2,19,20,23)/t12-/m1/s1. The number of hydrogen-bond acceptors (Lipinski definition) is 3. The number of aromatic nitrogens is 2. The van der Waals surface area contributed by atoms with Crippen molar-refractivity contribution in [2.75, 3.05) is 6.26 Å². The van der Waals surface area contributed by atoms with Gasteiger partial charge in [-0.25, -0.2) is 4.79 Å². The van der Waals surface area contributed by atoms with Gasteiger partial charge in [0.1, 0.15) is 0 Å². The van der Waals surface area contributed by atoms with Crippen LogP contribution in [-0.2, 0) is 20.0 Å². The van der Waals surface area contributed by atoms with Crippen LogP contribution < -0.4 is 10.6 Å². The molecule has 1 heterocycles. The highest BCUT2D eigenvalue weighted by molar-refractivity contribution is 7.98. The smallest absolute Gasteiger partial charge is 0.315 e. The molecule has 5 nitrogen and oxygen atoms in total. The van der Waals surface area contributed by atoms with Gasteiger partial charge in [0, 0.05) is 30.2 Å². The first-order valence-corrected chi connectivity index (χ1v) is 9.29. The number of nitrogens with one attached hydrogen (secondary N) is 2. The van der Waals surface area contributed by atoms with E-state index >= 15 is 0 Å². The van der Waals surface area contributed by atoms with Gasteiger partial charge in [0.2, 0.25) is 0 Å². The molecule has 0 bridgehead atoms. The predicted octanol–water partition coefficient (Wildman–Crippen LogP) is 3.19. The summed E-state index contributed by atoms with van der Waals surface area (Å²) in [5.41, 5.74) is 4.47. The Labute approximate surface area is 148 Å². The van der Waals surface area contributed by atoms with Gasteiger partial charge in [-0.3, -0.25) is 4.68 Å². The van der Waals surface area contributed by atoms with E-state index in [9.17, 15) is 4.79 Å². The molecule has 0 fully saturated rings. The van der Waals surface area contributed by atoms with Gasteiger partial charge < -0.3 is 10.6 Å². The third-order valence-electron chi connectivity index (χ3n) is 4.16. The maximum Gasteiger partial charge on any atom is 0.315 e. The molecule has 130 valence electrons. The van der Waals surface area contributed by atoms with Crippen LogP contribution in [0.25, 0.3) is 0 Å². The number of carbonyl (C=O) groups excluding carboxylic acids is 1. The number of rotatable bonds is 6. The molecule has 1 atom stereocenters. The summed E-state index contributed by atoms with van der Waals surface area (Å²) in [6.07, 6.45) is 2.83. The Morgan fingerprint density at radius 2 is 1.96 bits per heavy atom. The number of amides is 2. The van der Waals surface area contributed by atoms with Gasteiger partial charge in [-0.2, -0.15) is 5.10 Å². The molecule has 0 aliphatic heterocycles. The third-order valence-corrected chi connectivity index (χ3v) is 4.90. The first-order chi connectivity index (χ1) is 11.4. The molecule has 0 aliphatic carbocycles. The Kier molecular flexibility index (Phi) is 6.31. The number of benzene rings is 1. The van der Waals surface area contributed by atoms with E-state index in [1.807, 2.05) is 44.0 Å². The summed E-state index contributed by atoms with van der Waals surface area (Å²) in [5.74, 6) is 0. The van der Waals surface area contributed by atoms with Crippen LogP contribution in [0, 0.1) is 13.8 Å². The number of urea groups is 1. The van der Waals surface area contributed by atoms with Gasteiger partial charge in [-0.05, 0) is 56.7 Å². The zero-order valence-corrected chi connectivity index (χ0v) is 15.8. The van der Waals surface area contributed by atoms with Crippen LogP contribution in [0.15, 0.2) is 29.2 Å². The van der Waals surface area contributed by atoms with E-state index in [0.717, 1.165) is 23.4 Å². The number of carbonyl (C=O) groups is 1. The molecule has 1 aromatic heterocycles. The van der Waals surface area contributed by atoms with Crippen LogP contribution in [0.2, 0.25) is 0 Å². The van der Waals surface area contributed by atoms with E-state index in [1.165, 1.54) is 10.5 Å². The zero-order chi connectivity index (χ0) is 17.7. The van der Waals surface area contributed by atoms with Gasteiger partial charge in [0.25, 0.3) is 0 Å². The van der Waals surface area contributed by atoms with Crippen LogP contribution in [0.5, 0.6) is 0 Å². The highest BCUT2D eigenvalue weighted by Gasteiger charge is 2.14. The van der Waals surface area contributed by atoms with Crippen molar-refractivity contribution in [2.45, 2.75) is 44.7 Å². The lowest BCUT2D eigenvalue weighted by atomic mass is 10.1. The molecule has 1 aromatic carbocycles. The zero-order valence-electron chi connectivity index (χ0n) is 15.0. The van der Waals surface area contributed by atoms with Crippen LogP contribution in [0.3, 0.4) is 0 Å². The van der Waals surface area contributed by atoms with Gasteiger partial charge in [-0.1, -0.05) is 12.1 Å². The lowest BCUT2D eigenvalue weighted by molar-refractivity contribution is 0.237. The molecular formula is C18H26N4OS. The molecule has 2 amide bonds. The quantitative estimate of drug-likeness (QED) is 0.790. The molecule has 0 spiro atoms. The molecule has 2 aromatic rings. The second kappa shape index (κ2) is 8.24. The van der Waals surface area contributed by atoms with Crippen LogP contribution >= 0.6 is 11.8 Å².